The number of hydrogen-bond acceptors (Lipinski definition) is 38. The molecule has 0 unspecified atom stereocenters. The molecule has 1 aliphatic heterocycles. The third-order valence-corrected chi connectivity index (χ3v) is 21.5. The molecule has 1 aromatic carbocycles. The van der Waals surface area contributed by atoms with Gasteiger partial charge in [0.1, 0.15) is 30.7 Å². The first-order valence-electron chi connectivity index (χ1n) is 43.2. The maximum Gasteiger partial charge on any atom is 0.346 e. The number of nitrogens with zero attached hydrogens (tertiary/aromatic N) is 7. The summed E-state index contributed by atoms with van der Waals surface area (Å²) in [5.41, 5.74) is 1.14. The minimum absolute atomic E-state index is 0.000590. The molecule has 1 fully saturated rings. The summed E-state index contributed by atoms with van der Waals surface area (Å²) in [6.45, 7) is 5.10. The van der Waals surface area contributed by atoms with Crippen molar-refractivity contribution in [3.8, 4) is 5.75 Å². The number of aromatic nitrogens is 6. The molecule has 2 aromatic heterocycles. The zero-order valence-corrected chi connectivity index (χ0v) is 75.0. The molecule has 1 aliphatic rings. The number of amides is 5. The van der Waals surface area contributed by atoms with Gasteiger partial charge in [-0.25, -0.2) is 32.1 Å². The van der Waals surface area contributed by atoms with Crippen LogP contribution in [0.5, 0.6) is 5.75 Å². The molecule has 748 valence electrons. The van der Waals surface area contributed by atoms with Crippen molar-refractivity contribution in [2.75, 3.05) is 223 Å². The summed E-state index contributed by atoms with van der Waals surface area (Å²) in [6.07, 6.45) is 2.54. The molecule has 8 atom stereocenters. The second-order valence-electron chi connectivity index (χ2n) is 29.2. The molecule has 15 N–H and O–H groups in total. The van der Waals surface area contributed by atoms with Gasteiger partial charge in [-0.1, -0.05) is 10.4 Å². The number of carbonyl (C=O) groups excluding carboxylic acids is 6. The van der Waals surface area contributed by atoms with Gasteiger partial charge >= 0.3 is 17.9 Å². The van der Waals surface area contributed by atoms with Crippen LogP contribution >= 0.6 is 23.5 Å². The number of benzene rings is 1. The molecule has 3 heterocycles. The highest BCUT2D eigenvalue weighted by Gasteiger charge is 2.50. The number of carbonyl (C=O) groups is 8. The number of rotatable bonds is 84. The Morgan fingerprint density at radius 3 is 1.62 bits per heavy atom. The zero-order chi connectivity index (χ0) is 95.5. The number of nitroso groups, excluding NO2 is 1. The largest absolute Gasteiger partial charge is 0.479 e. The highest BCUT2D eigenvalue weighted by molar-refractivity contribution is 8.01. The number of ether oxygens (including phenoxy) is 14. The highest BCUT2D eigenvalue weighted by Crippen LogP contribution is 2.40. The molecule has 0 aliphatic carbocycles. The number of carboxylic acid groups (broad SMARTS) is 2. The van der Waals surface area contributed by atoms with Crippen LogP contribution in [0.3, 0.4) is 0 Å². The fourth-order valence-corrected chi connectivity index (χ4v) is 14.2. The number of unbranched alkanes of at least 4 members (excludes halogenated alkanes) is 1. The number of halogens is 5. The SMILES string of the molecule is O=N[C@](CC[C@H](C[C@H](O)CCO)NC(=O)CO)(SCCOCCOCc1cn(CCOCCOCCCNCCCC(=O)N[C@@H](CCCCNC(=O)CCOCCOCCn2cc(COCCOCCS[C@@]3(C(=O)O)CC[C@@H](NC(=O)CO)[C@H]([C@H](O)CCO)O3)nn2)CNCC(=O)NCCOCCOCCOCCOCCC(=O)Oc2c(F)c(F)c(F)c(F)c2F)nn1)C(=O)O. The molecule has 45 nitrogen and oxygen atoms in total. The van der Waals surface area contributed by atoms with Gasteiger partial charge in [0, 0.05) is 75.9 Å². The number of esters is 1. The van der Waals surface area contributed by atoms with Gasteiger partial charge < -0.3 is 144 Å². The van der Waals surface area contributed by atoms with Crippen LogP contribution in [0.25, 0.3) is 0 Å². The van der Waals surface area contributed by atoms with E-state index in [2.05, 4.69) is 67.8 Å². The summed E-state index contributed by atoms with van der Waals surface area (Å²) in [5, 5.41) is 117. The van der Waals surface area contributed by atoms with E-state index >= 15 is 0 Å². The van der Waals surface area contributed by atoms with Crippen molar-refractivity contribution in [3.63, 3.8) is 0 Å². The predicted molar refractivity (Wildman–Crippen MR) is 453 cm³/mol. The van der Waals surface area contributed by atoms with Crippen LogP contribution in [0.1, 0.15) is 108 Å². The molecule has 52 heteroatoms. The van der Waals surface area contributed by atoms with Crippen molar-refractivity contribution in [1.29, 1.82) is 0 Å². The van der Waals surface area contributed by atoms with E-state index in [4.69, 9.17) is 71.8 Å². The number of aliphatic hydroxyl groups is 6. The number of aliphatic carboxylic acids is 2. The normalized spacial score (nSPS) is 15.9. The molecule has 0 spiro atoms. The Morgan fingerprint density at radius 1 is 0.527 bits per heavy atom. The maximum atomic E-state index is 13.8. The van der Waals surface area contributed by atoms with E-state index in [1.54, 1.807) is 21.8 Å². The monoisotopic (exact) mass is 1930 g/mol. The summed E-state index contributed by atoms with van der Waals surface area (Å²) >= 11 is 1.74. The van der Waals surface area contributed by atoms with E-state index in [0.29, 0.717) is 109 Å². The van der Waals surface area contributed by atoms with E-state index in [1.165, 1.54) is 0 Å². The van der Waals surface area contributed by atoms with Crippen molar-refractivity contribution in [3.05, 3.63) is 57.8 Å². The van der Waals surface area contributed by atoms with Gasteiger partial charge in [-0.2, -0.15) is 8.78 Å². The third kappa shape index (κ3) is 50.5. The number of carboxylic acids is 2. The first-order valence-corrected chi connectivity index (χ1v) is 45.1. The smallest absolute Gasteiger partial charge is 0.346 e. The molecule has 1 saturated heterocycles. The molecular weight excluding hydrogens is 1800 g/mol. The predicted octanol–water partition coefficient (Wildman–Crippen LogP) is -1.33. The molecule has 4 rings (SSSR count). The maximum absolute atomic E-state index is 13.8. The van der Waals surface area contributed by atoms with Crippen LogP contribution < -0.4 is 42.0 Å². The summed E-state index contributed by atoms with van der Waals surface area (Å²) in [4.78, 5) is 107. The van der Waals surface area contributed by atoms with Crippen LogP contribution in [-0.4, -0.2) is 387 Å². The second-order valence-corrected chi connectivity index (χ2v) is 31.9. The average Bonchev–Trinajstić information content (AvgIpc) is 1.27. The van der Waals surface area contributed by atoms with Crippen molar-refractivity contribution in [2.45, 2.75) is 169 Å². The number of thioether (sulfide) groups is 2. The third-order valence-electron chi connectivity index (χ3n) is 18.9. The van der Waals surface area contributed by atoms with E-state index < -0.39 is 131 Å². The minimum atomic E-state index is -2.39. The molecule has 0 saturated carbocycles. The number of nitrogens with one attached hydrogen (secondary N) is 7. The van der Waals surface area contributed by atoms with Crippen LogP contribution in [0.2, 0.25) is 0 Å². The van der Waals surface area contributed by atoms with Gasteiger partial charge in [-0.15, -0.1) is 38.6 Å². The van der Waals surface area contributed by atoms with Crippen molar-refractivity contribution < 1.29 is 167 Å². The quantitative estimate of drug-likeness (QED) is 0.00592. The topological polar surface area (TPSA) is 603 Å². The van der Waals surface area contributed by atoms with Gasteiger partial charge in [0.2, 0.25) is 74.2 Å². The summed E-state index contributed by atoms with van der Waals surface area (Å²) in [5.74, 6) is -19.0. The van der Waals surface area contributed by atoms with Crippen LogP contribution in [0.15, 0.2) is 17.6 Å². The van der Waals surface area contributed by atoms with E-state index in [-0.39, 0.29) is 245 Å². The number of hydrogen-bond donors (Lipinski definition) is 15. The highest BCUT2D eigenvalue weighted by atomic mass is 32.2. The second kappa shape index (κ2) is 71.0. The Labute approximate surface area is 762 Å². The lowest BCUT2D eigenvalue weighted by Gasteiger charge is -2.43. The Bertz CT molecular complexity index is 3680. The molecule has 131 heavy (non-hydrogen) atoms. The summed E-state index contributed by atoms with van der Waals surface area (Å²) in [6, 6.07) is -1.90. The van der Waals surface area contributed by atoms with Crippen LogP contribution in [0, 0.1) is 34.0 Å². The van der Waals surface area contributed by atoms with E-state index in [0.717, 1.165) is 23.5 Å². The van der Waals surface area contributed by atoms with E-state index in [1.807, 2.05) is 0 Å². The van der Waals surface area contributed by atoms with Gasteiger partial charge in [-0.05, 0) is 95.3 Å². The van der Waals surface area contributed by atoms with E-state index in [9.17, 15) is 95.9 Å². The van der Waals surface area contributed by atoms with Gasteiger partial charge in [0.25, 0.3) is 0 Å². The minimum Gasteiger partial charge on any atom is -0.479 e. The molecular formula is C79H129F5N14O31S2. The lowest BCUT2D eigenvalue weighted by atomic mass is 9.93. The zero-order valence-electron chi connectivity index (χ0n) is 73.4. The fourth-order valence-electron chi connectivity index (χ4n) is 12.2. The Balaban J connectivity index is 1.04. The van der Waals surface area contributed by atoms with Crippen LogP contribution in [-0.2, 0) is 126 Å². The Hall–Kier alpha value is -7.63. The first-order chi connectivity index (χ1) is 63.3. The van der Waals surface area contributed by atoms with Gasteiger partial charge in [0.15, 0.2) is 0 Å². The fraction of sp³-hybridized carbons (Fsp3) is 0.772. The molecule has 3 aromatic rings. The summed E-state index contributed by atoms with van der Waals surface area (Å²) in [7, 11) is 0. The van der Waals surface area contributed by atoms with Crippen molar-refractivity contribution in [2.24, 2.45) is 5.18 Å². The van der Waals surface area contributed by atoms with Gasteiger partial charge in [0.05, 0.1) is 209 Å². The average molecular weight is 1930 g/mol. The van der Waals surface area contributed by atoms with Gasteiger partial charge in [-0.3, -0.25) is 28.8 Å². The molecule has 0 radical (unpaired) electrons. The Kier molecular flexibility index (Phi) is 62.7. The lowest BCUT2D eigenvalue weighted by molar-refractivity contribution is -0.179. The van der Waals surface area contributed by atoms with Crippen molar-refractivity contribution in [1.82, 2.24) is 67.2 Å². The lowest BCUT2D eigenvalue weighted by Crippen LogP contribution is -2.59. The Morgan fingerprint density at radius 2 is 1.05 bits per heavy atom. The van der Waals surface area contributed by atoms with Crippen LogP contribution in [0.4, 0.5) is 22.0 Å². The number of aliphatic hydroxyl groups excluding tert-OH is 6. The summed E-state index contributed by atoms with van der Waals surface area (Å²) < 4.78 is 148. The first kappa shape index (κ1) is 116. The molecule has 5 amide bonds. The standard InChI is InChI=1S/C79H129F5N14O31S2/c80-69-70(81)72(83)75(73(84)71(69)82)128-68(110)12-25-118-31-35-122-37-38-123-36-32-119-26-18-88-65(107)49-86-48-57(5-1-2-17-87-63(105)11-24-117-30-34-121-28-20-98-51-59(93-96-98)55-127-42-40-125-44-46-131-79(77(113)114)14-8-61(91-67(109)53-102)74(129-79)62(104)10-22-100)90-64(106)6-3-15-85-16-4-23-116-29-33-120-27-19-97-50-58(92-95-97)54-126-41-39-124-43-45-130-78(94-115,76(111)112)13-7-56(89-66(108)52-101)47-60(103)9-21-99/h50-51,56-57,60-62,74,85-86,99-104H,1-49,52-55H2,(H,87,105)(H,88,107)(H,89,108)(H,90,106)(H,91,109)(H,111,112)(H,113,114)/t56-,57+,60-,61-,62-,74-,78-,79-/m1/s1. The van der Waals surface area contributed by atoms with Crippen molar-refractivity contribution >= 4 is 71.0 Å². The molecule has 0 bridgehead atoms.